The highest BCUT2D eigenvalue weighted by Crippen LogP contribution is 2.13. The van der Waals surface area contributed by atoms with Gasteiger partial charge in [0, 0.05) is 12.0 Å². The Bertz CT molecular complexity index is 383. The minimum absolute atomic E-state index is 0.00264. The number of carbonyl (C=O) groups is 2. The predicted molar refractivity (Wildman–Crippen MR) is 61.6 cm³/mol. The predicted octanol–water partition coefficient (Wildman–Crippen LogP) is 2.85. The Morgan fingerprint density at radius 1 is 1.19 bits per heavy atom. The first-order valence-corrected chi connectivity index (χ1v) is 5.41. The van der Waals surface area contributed by atoms with Gasteiger partial charge in [-0.05, 0) is 12.5 Å². The van der Waals surface area contributed by atoms with Crippen LogP contribution in [-0.4, -0.2) is 18.9 Å². The minimum atomic E-state index is -0.458. The third-order valence-corrected chi connectivity index (χ3v) is 2.39. The maximum atomic E-state index is 11.8. The molecule has 0 saturated heterocycles. The molecule has 0 N–H and O–H groups in total. The summed E-state index contributed by atoms with van der Waals surface area (Å²) in [4.78, 5) is 23.3. The van der Waals surface area contributed by atoms with Crippen molar-refractivity contribution in [1.29, 1.82) is 0 Å². The molecule has 16 heavy (non-hydrogen) atoms. The van der Waals surface area contributed by atoms with Crippen LogP contribution < -0.4 is 0 Å². The van der Waals surface area contributed by atoms with E-state index in [4.69, 9.17) is 0 Å². The summed E-state index contributed by atoms with van der Waals surface area (Å²) in [6.07, 6.45) is 2.28. The van der Waals surface area contributed by atoms with E-state index in [2.05, 4.69) is 4.74 Å². The van der Waals surface area contributed by atoms with Crippen LogP contribution in [0.3, 0.4) is 0 Å². The molecule has 0 amide bonds. The number of benzene rings is 1. The highest BCUT2D eigenvalue weighted by atomic mass is 16.5. The summed E-state index contributed by atoms with van der Waals surface area (Å²) >= 11 is 0. The summed E-state index contributed by atoms with van der Waals surface area (Å²) in [7, 11) is 1.32. The summed E-state index contributed by atoms with van der Waals surface area (Å²) in [5.41, 5.74) is 0.814. The lowest BCUT2D eigenvalue weighted by molar-refractivity contribution is 0.0597. The fraction of sp³-hybridized carbons (Fsp3) is 0.385. The molecule has 1 rings (SSSR count). The second-order valence-corrected chi connectivity index (χ2v) is 3.56. The van der Waals surface area contributed by atoms with Gasteiger partial charge in [-0.1, -0.05) is 31.5 Å². The number of hydrogen-bond donors (Lipinski definition) is 0. The summed E-state index contributed by atoms with van der Waals surface area (Å²) in [5.74, 6) is -0.455. The van der Waals surface area contributed by atoms with E-state index < -0.39 is 5.97 Å². The van der Waals surface area contributed by atoms with Gasteiger partial charge in [-0.25, -0.2) is 4.79 Å². The van der Waals surface area contributed by atoms with Crippen LogP contribution in [0.5, 0.6) is 0 Å². The SMILES string of the molecule is CCCCC(=O)c1ccccc1C(=O)OC. The van der Waals surface area contributed by atoms with Crippen molar-refractivity contribution in [2.24, 2.45) is 0 Å². The molecule has 0 fully saturated rings. The first-order valence-electron chi connectivity index (χ1n) is 5.41. The van der Waals surface area contributed by atoms with Crippen LogP contribution in [0.4, 0.5) is 0 Å². The van der Waals surface area contributed by atoms with Crippen LogP contribution in [0.1, 0.15) is 46.9 Å². The van der Waals surface area contributed by atoms with E-state index in [-0.39, 0.29) is 5.78 Å². The quantitative estimate of drug-likeness (QED) is 0.566. The second kappa shape index (κ2) is 6.05. The van der Waals surface area contributed by atoms with Crippen molar-refractivity contribution in [3.63, 3.8) is 0 Å². The topological polar surface area (TPSA) is 43.4 Å². The first-order chi connectivity index (χ1) is 7.70. The van der Waals surface area contributed by atoms with Crippen LogP contribution in [0.2, 0.25) is 0 Å². The maximum Gasteiger partial charge on any atom is 0.338 e. The molecule has 0 spiro atoms. The lowest BCUT2D eigenvalue weighted by Crippen LogP contribution is -2.10. The molecule has 0 aliphatic heterocycles. The fourth-order valence-corrected chi connectivity index (χ4v) is 1.49. The molecule has 1 aromatic carbocycles. The van der Waals surface area contributed by atoms with Crippen LogP contribution in [0.15, 0.2) is 24.3 Å². The molecule has 86 valence electrons. The molecule has 0 aromatic heterocycles. The number of hydrogen-bond acceptors (Lipinski definition) is 3. The van der Waals surface area contributed by atoms with Crippen molar-refractivity contribution in [1.82, 2.24) is 0 Å². The van der Waals surface area contributed by atoms with Crippen LogP contribution in [-0.2, 0) is 4.74 Å². The largest absolute Gasteiger partial charge is 0.465 e. The maximum absolute atomic E-state index is 11.8. The highest BCUT2D eigenvalue weighted by molar-refractivity contribution is 6.06. The normalized spacial score (nSPS) is 9.88. The Balaban J connectivity index is 2.94. The molecule has 0 heterocycles. The van der Waals surface area contributed by atoms with Gasteiger partial charge in [0.25, 0.3) is 0 Å². The zero-order valence-electron chi connectivity index (χ0n) is 9.66. The van der Waals surface area contributed by atoms with E-state index in [0.717, 1.165) is 12.8 Å². The van der Waals surface area contributed by atoms with Crippen molar-refractivity contribution >= 4 is 11.8 Å². The number of esters is 1. The van der Waals surface area contributed by atoms with Gasteiger partial charge in [-0.15, -0.1) is 0 Å². The number of ether oxygens (including phenoxy) is 1. The van der Waals surface area contributed by atoms with Crippen LogP contribution in [0.25, 0.3) is 0 Å². The molecule has 0 unspecified atom stereocenters. The second-order valence-electron chi connectivity index (χ2n) is 3.56. The van der Waals surface area contributed by atoms with Gasteiger partial charge < -0.3 is 4.74 Å². The Labute approximate surface area is 95.4 Å². The number of unbranched alkanes of at least 4 members (excludes halogenated alkanes) is 1. The average Bonchev–Trinajstić information content (AvgIpc) is 2.35. The zero-order valence-corrected chi connectivity index (χ0v) is 9.66. The standard InChI is InChI=1S/C13H16O3/c1-3-4-9-12(14)10-7-5-6-8-11(10)13(15)16-2/h5-8H,3-4,9H2,1-2H3. The van der Waals surface area contributed by atoms with Gasteiger partial charge in [0.2, 0.25) is 0 Å². The van der Waals surface area contributed by atoms with Gasteiger partial charge in [0.15, 0.2) is 5.78 Å². The van der Waals surface area contributed by atoms with Gasteiger partial charge in [-0.2, -0.15) is 0 Å². The third-order valence-electron chi connectivity index (χ3n) is 2.39. The smallest absolute Gasteiger partial charge is 0.338 e. The Morgan fingerprint density at radius 2 is 1.81 bits per heavy atom. The fourth-order valence-electron chi connectivity index (χ4n) is 1.49. The third kappa shape index (κ3) is 2.92. The van der Waals surface area contributed by atoms with Crippen molar-refractivity contribution in [2.45, 2.75) is 26.2 Å². The Hall–Kier alpha value is -1.64. The number of methoxy groups -OCH3 is 1. The molecule has 1 aromatic rings. The van der Waals surface area contributed by atoms with E-state index in [1.807, 2.05) is 6.92 Å². The number of rotatable bonds is 5. The first kappa shape index (κ1) is 12.4. The minimum Gasteiger partial charge on any atom is -0.465 e. The molecule has 0 bridgehead atoms. The lowest BCUT2D eigenvalue weighted by Gasteiger charge is -2.06. The van der Waals surface area contributed by atoms with Gasteiger partial charge in [-0.3, -0.25) is 4.79 Å². The summed E-state index contributed by atoms with van der Waals surface area (Å²) < 4.78 is 4.64. The molecule has 0 aliphatic rings. The van der Waals surface area contributed by atoms with E-state index in [9.17, 15) is 9.59 Å². The molecular weight excluding hydrogens is 204 g/mol. The number of ketones is 1. The molecule has 0 radical (unpaired) electrons. The van der Waals surface area contributed by atoms with Gasteiger partial charge in [0.05, 0.1) is 12.7 Å². The van der Waals surface area contributed by atoms with E-state index in [1.54, 1.807) is 24.3 Å². The van der Waals surface area contributed by atoms with Gasteiger partial charge in [0.1, 0.15) is 0 Å². The molecular formula is C13H16O3. The lowest BCUT2D eigenvalue weighted by atomic mass is 10.0. The van der Waals surface area contributed by atoms with E-state index in [1.165, 1.54) is 7.11 Å². The van der Waals surface area contributed by atoms with Crippen LogP contribution >= 0.6 is 0 Å². The van der Waals surface area contributed by atoms with Crippen molar-refractivity contribution in [3.8, 4) is 0 Å². The van der Waals surface area contributed by atoms with Crippen molar-refractivity contribution < 1.29 is 14.3 Å². The molecule has 0 saturated carbocycles. The van der Waals surface area contributed by atoms with E-state index >= 15 is 0 Å². The van der Waals surface area contributed by atoms with Crippen molar-refractivity contribution in [2.75, 3.05) is 7.11 Å². The highest BCUT2D eigenvalue weighted by Gasteiger charge is 2.15. The van der Waals surface area contributed by atoms with Crippen molar-refractivity contribution in [3.05, 3.63) is 35.4 Å². The summed E-state index contributed by atoms with van der Waals surface area (Å²) in [6, 6.07) is 6.77. The number of Topliss-reactive ketones (excluding diaryl/α,β-unsaturated/α-hetero) is 1. The number of carbonyl (C=O) groups excluding carboxylic acids is 2. The molecule has 0 aliphatic carbocycles. The Morgan fingerprint density at radius 3 is 2.38 bits per heavy atom. The van der Waals surface area contributed by atoms with Crippen LogP contribution in [0, 0.1) is 0 Å². The summed E-state index contributed by atoms with van der Waals surface area (Å²) in [5, 5.41) is 0. The monoisotopic (exact) mass is 220 g/mol. The zero-order chi connectivity index (χ0) is 12.0. The molecule has 0 atom stereocenters. The average molecular weight is 220 g/mol. The molecule has 3 nitrogen and oxygen atoms in total. The molecule has 3 heteroatoms. The summed E-state index contributed by atoms with van der Waals surface area (Å²) in [6.45, 7) is 2.03. The van der Waals surface area contributed by atoms with E-state index in [0.29, 0.717) is 17.5 Å². The van der Waals surface area contributed by atoms with Gasteiger partial charge >= 0.3 is 5.97 Å². The Kier molecular flexibility index (Phi) is 4.70.